The molecule has 0 aliphatic heterocycles. The van der Waals surface area contributed by atoms with Crippen molar-refractivity contribution in [2.75, 3.05) is 5.73 Å². The first-order valence-electron chi connectivity index (χ1n) is 7.59. The third-order valence-electron chi connectivity index (χ3n) is 4.00. The molecule has 3 heterocycles. The van der Waals surface area contributed by atoms with Crippen molar-refractivity contribution in [3.63, 3.8) is 0 Å². The minimum absolute atomic E-state index is 0.183. The molecule has 2 N–H and O–H groups in total. The number of ketones is 1. The van der Waals surface area contributed by atoms with Crippen LogP contribution in [0.15, 0.2) is 27.0 Å². The Bertz CT molecular complexity index is 1200. The van der Waals surface area contributed by atoms with Crippen LogP contribution in [-0.2, 0) is 14.1 Å². The molecule has 27 heavy (non-hydrogen) atoms. The maximum absolute atomic E-state index is 12.9. The van der Waals surface area contributed by atoms with Crippen LogP contribution in [0.3, 0.4) is 0 Å². The molecule has 0 amide bonds. The summed E-state index contributed by atoms with van der Waals surface area (Å²) in [6.07, 6.45) is 1.57. The molecule has 3 rings (SSSR count). The fraction of sp³-hybridized carbons (Fsp3) is 0.267. The second kappa shape index (κ2) is 7.02. The maximum Gasteiger partial charge on any atom is 0.332 e. The van der Waals surface area contributed by atoms with Gasteiger partial charge in [-0.25, -0.2) is 4.79 Å². The van der Waals surface area contributed by atoms with E-state index in [0.717, 1.165) is 20.9 Å². The Morgan fingerprint density at radius 3 is 2.56 bits per heavy atom. The van der Waals surface area contributed by atoms with Crippen molar-refractivity contribution in [1.29, 1.82) is 0 Å². The number of nitrogens with two attached hydrogens (primary N) is 1. The van der Waals surface area contributed by atoms with Gasteiger partial charge in [-0.15, -0.1) is 10.2 Å². The second-order valence-electron chi connectivity index (χ2n) is 5.77. The number of nitrogen functional groups attached to an aromatic ring is 1. The summed E-state index contributed by atoms with van der Waals surface area (Å²) in [6, 6.07) is 1.53. The molecule has 3 aromatic rings. The highest BCUT2D eigenvalue weighted by Gasteiger charge is 2.26. The second-order valence-corrected chi connectivity index (χ2v) is 7.92. The molecule has 0 aromatic carbocycles. The Morgan fingerprint density at radius 1 is 1.22 bits per heavy atom. The first-order chi connectivity index (χ1) is 12.6. The van der Waals surface area contributed by atoms with E-state index in [9.17, 15) is 14.4 Å². The van der Waals surface area contributed by atoms with Crippen LogP contribution in [0.1, 0.15) is 17.3 Å². The number of halogens is 2. The zero-order valence-corrected chi connectivity index (χ0v) is 16.8. The summed E-state index contributed by atoms with van der Waals surface area (Å²) in [5.74, 6) is -0.712. The molecule has 0 radical (unpaired) electrons. The number of carbonyl (C=O) groups is 1. The van der Waals surface area contributed by atoms with E-state index in [-0.39, 0.29) is 11.4 Å². The van der Waals surface area contributed by atoms with Crippen LogP contribution in [-0.4, -0.2) is 34.8 Å². The number of hydrogen-bond donors (Lipinski definition) is 1. The van der Waals surface area contributed by atoms with E-state index in [0.29, 0.717) is 20.8 Å². The molecule has 0 bridgehead atoms. The van der Waals surface area contributed by atoms with Gasteiger partial charge in [0.05, 0.1) is 15.3 Å². The van der Waals surface area contributed by atoms with Crippen LogP contribution in [0.5, 0.6) is 0 Å². The normalized spacial score (nSPS) is 12.5. The minimum atomic E-state index is -0.745. The molecule has 0 aliphatic rings. The lowest BCUT2D eigenvalue weighted by atomic mass is 10.1. The van der Waals surface area contributed by atoms with Gasteiger partial charge in [0, 0.05) is 20.3 Å². The molecule has 0 spiro atoms. The smallest absolute Gasteiger partial charge is 0.332 e. The molecule has 1 unspecified atom stereocenters. The predicted molar refractivity (Wildman–Crippen MR) is 104 cm³/mol. The number of hydrogen-bond acceptors (Lipinski definition) is 7. The van der Waals surface area contributed by atoms with Crippen molar-refractivity contribution in [2.45, 2.75) is 17.3 Å². The molecule has 0 saturated carbocycles. The van der Waals surface area contributed by atoms with Gasteiger partial charge >= 0.3 is 5.69 Å². The number of rotatable bonds is 4. The number of Topliss-reactive ketones (excluding diaryl/α,β-unsaturated/α-hetero) is 1. The highest BCUT2D eigenvalue weighted by atomic mass is 35.5. The molecule has 3 aromatic heterocycles. The van der Waals surface area contributed by atoms with Crippen molar-refractivity contribution in [3.05, 3.63) is 48.7 Å². The van der Waals surface area contributed by atoms with E-state index < -0.39 is 22.3 Å². The van der Waals surface area contributed by atoms with Gasteiger partial charge in [0.2, 0.25) is 0 Å². The van der Waals surface area contributed by atoms with E-state index in [1.54, 1.807) is 17.5 Å². The first-order valence-corrected chi connectivity index (χ1v) is 9.23. The van der Waals surface area contributed by atoms with Gasteiger partial charge in [-0.2, -0.15) is 0 Å². The summed E-state index contributed by atoms with van der Waals surface area (Å²) in [5, 5.41) is 8.32. The molecule has 142 valence electrons. The molecule has 9 nitrogen and oxygen atoms in total. The maximum atomic E-state index is 12.9. The minimum Gasteiger partial charge on any atom is -0.384 e. The highest BCUT2D eigenvalue weighted by Crippen LogP contribution is 2.28. The fourth-order valence-electron chi connectivity index (χ4n) is 2.49. The third kappa shape index (κ3) is 3.24. The summed E-state index contributed by atoms with van der Waals surface area (Å²) in [6.45, 7) is 1.60. The SMILES string of the molecule is CC(Sc1nnc2c(Cl)cc(Cl)cn12)C(=O)c1c(N)n(C)c(=O)n(C)c1=O. The van der Waals surface area contributed by atoms with Crippen LogP contribution >= 0.6 is 35.0 Å². The summed E-state index contributed by atoms with van der Waals surface area (Å²) < 4.78 is 3.45. The van der Waals surface area contributed by atoms with Crippen molar-refractivity contribution in [3.8, 4) is 0 Å². The molecule has 12 heteroatoms. The van der Waals surface area contributed by atoms with Gasteiger partial charge in [-0.05, 0) is 13.0 Å². The zero-order chi connectivity index (χ0) is 20.0. The van der Waals surface area contributed by atoms with Gasteiger partial charge in [-0.1, -0.05) is 35.0 Å². The van der Waals surface area contributed by atoms with Crippen LogP contribution in [0, 0.1) is 0 Å². The number of nitrogens with zero attached hydrogens (tertiary/aromatic N) is 5. The van der Waals surface area contributed by atoms with Crippen LogP contribution in [0.2, 0.25) is 10.0 Å². The Kier molecular flexibility index (Phi) is 5.06. The van der Waals surface area contributed by atoms with Crippen LogP contribution < -0.4 is 17.0 Å². The molecular formula is C15H14Cl2N6O3S. The Hall–Kier alpha value is -2.30. The number of carbonyl (C=O) groups excluding carboxylic acids is 1. The quantitative estimate of drug-likeness (QED) is 0.492. The number of thioether (sulfide) groups is 1. The largest absolute Gasteiger partial charge is 0.384 e. The summed E-state index contributed by atoms with van der Waals surface area (Å²) in [5.41, 5.74) is 4.64. The monoisotopic (exact) mass is 428 g/mol. The van der Waals surface area contributed by atoms with Gasteiger partial charge in [0.15, 0.2) is 16.6 Å². The average molecular weight is 429 g/mol. The average Bonchev–Trinajstić information content (AvgIpc) is 3.01. The van der Waals surface area contributed by atoms with Crippen LogP contribution in [0.25, 0.3) is 5.65 Å². The van der Waals surface area contributed by atoms with E-state index in [1.807, 2.05) is 0 Å². The van der Waals surface area contributed by atoms with Crippen molar-refractivity contribution < 1.29 is 4.79 Å². The molecular weight excluding hydrogens is 415 g/mol. The summed E-state index contributed by atoms with van der Waals surface area (Å²) >= 11 is 13.2. The topological polar surface area (TPSA) is 117 Å². The highest BCUT2D eigenvalue weighted by molar-refractivity contribution is 8.00. The number of fused-ring (bicyclic) bond motifs is 1. The van der Waals surface area contributed by atoms with Crippen LogP contribution in [0.4, 0.5) is 5.82 Å². The van der Waals surface area contributed by atoms with Crippen molar-refractivity contribution >= 4 is 52.2 Å². The lowest BCUT2D eigenvalue weighted by Crippen LogP contribution is -2.42. The van der Waals surface area contributed by atoms with Gasteiger partial charge in [0.1, 0.15) is 11.4 Å². The number of aromatic nitrogens is 5. The van der Waals surface area contributed by atoms with Gasteiger partial charge < -0.3 is 5.73 Å². The zero-order valence-electron chi connectivity index (χ0n) is 14.4. The predicted octanol–water partition coefficient (Wildman–Crippen LogP) is 1.38. The number of pyridine rings is 1. The van der Waals surface area contributed by atoms with E-state index in [1.165, 1.54) is 20.2 Å². The van der Waals surface area contributed by atoms with E-state index in [2.05, 4.69) is 10.2 Å². The first kappa shape index (κ1) is 19.5. The van der Waals surface area contributed by atoms with Gasteiger partial charge in [0.25, 0.3) is 5.56 Å². The lowest BCUT2D eigenvalue weighted by molar-refractivity contribution is 0.0992. The lowest BCUT2D eigenvalue weighted by Gasteiger charge is -2.13. The Balaban J connectivity index is 2.01. The fourth-order valence-corrected chi connectivity index (χ4v) is 3.88. The van der Waals surface area contributed by atoms with E-state index >= 15 is 0 Å². The molecule has 0 saturated heterocycles. The van der Waals surface area contributed by atoms with Gasteiger partial charge in [-0.3, -0.25) is 23.1 Å². The molecule has 1 atom stereocenters. The van der Waals surface area contributed by atoms with E-state index in [4.69, 9.17) is 28.9 Å². The summed E-state index contributed by atoms with van der Waals surface area (Å²) in [4.78, 5) is 37.1. The van der Waals surface area contributed by atoms with Crippen molar-refractivity contribution in [2.24, 2.45) is 14.1 Å². The standard InChI is InChI=1S/C15H14Cl2N6O3S/c1-6(10(24)9-11(18)21(2)15(26)22(3)13(9)25)27-14-20-19-12-8(17)4-7(16)5-23(12)14/h4-6H,18H2,1-3H3. The molecule has 0 aliphatic carbocycles. The van der Waals surface area contributed by atoms with Crippen molar-refractivity contribution in [1.82, 2.24) is 23.7 Å². The Labute approximate surface area is 166 Å². The molecule has 0 fully saturated rings. The third-order valence-corrected chi connectivity index (χ3v) is 5.54. The Morgan fingerprint density at radius 2 is 1.89 bits per heavy atom. The summed E-state index contributed by atoms with van der Waals surface area (Å²) in [7, 11) is 2.68. The number of anilines is 1.